The molecule has 2 aromatic heterocycles. The Morgan fingerprint density at radius 1 is 1.14 bits per heavy atom. The molecule has 0 radical (unpaired) electrons. The summed E-state index contributed by atoms with van der Waals surface area (Å²) in [4.78, 5) is 20.0. The molecule has 180 valence electrons. The van der Waals surface area contributed by atoms with Gasteiger partial charge >= 0.3 is 0 Å². The summed E-state index contributed by atoms with van der Waals surface area (Å²) >= 11 is 0. The van der Waals surface area contributed by atoms with Crippen LogP contribution in [0.3, 0.4) is 0 Å². The fourth-order valence-corrected chi connectivity index (χ4v) is 4.93. The first-order chi connectivity index (χ1) is 16.9. The van der Waals surface area contributed by atoms with Gasteiger partial charge in [-0.2, -0.15) is 5.10 Å². The fraction of sp³-hybridized carbons (Fsp3) is 0.321. The molecular formula is C28H30FN5O. The van der Waals surface area contributed by atoms with Crippen molar-refractivity contribution in [1.82, 2.24) is 19.9 Å². The maximum Gasteiger partial charge on any atom is 0.225 e. The highest BCUT2D eigenvalue weighted by Gasteiger charge is 2.28. The Morgan fingerprint density at radius 3 is 2.71 bits per heavy atom. The molecule has 1 saturated heterocycles. The molecule has 1 fully saturated rings. The largest absolute Gasteiger partial charge is 0.354 e. The van der Waals surface area contributed by atoms with E-state index in [9.17, 15) is 9.18 Å². The summed E-state index contributed by atoms with van der Waals surface area (Å²) in [5.41, 5.74) is 6.25. The van der Waals surface area contributed by atoms with E-state index in [-0.39, 0.29) is 23.7 Å². The number of anilines is 1. The molecule has 2 aromatic carbocycles. The van der Waals surface area contributed by atoms with Crippen molar-refractivity contribution in [2.45, 2.75) is 39.7 Å². The van der Waals surface area contributed by atoms with E-state index in [0.29, 0.717) is 6.54 Å². The maximum atomic E-state index is 13.2. The van der Waals surface area contributed by atoms with Gasteiger partial charge in [-0.15, -0.1) is 0 Å². The van der Waals surface area contributed by atoms with E-state index in [1.165, 1.54) is 23.3 Å². The standard InChI is InChI=1S/C28H30FN5O/c1-18-6-11-24(19(2)15-18)25-16-26-27(30-12-14-34(26)32-25)33-13-4-5-22(17-33)28(35)31-20(3)21-7-9-23(29)10-8-21/h6-12,14-16,20,22H,4-5,13,17H2,1-3H3,(H,31,35)/t20-,22-/m1/s1. The number of benzene rings is 2. The van der Waals surface area contributed by atoms with Crippen LogP contribution in [0.4, 0.5) is 10.2 Å². The first-order valence-corrected chi connectivity index (χ1v) is 12.1. The minimum Gasteiger partial charge on any atom is -0.354 e. The Hall–Kier alpha value is -3.74. The lowest BCUT2D eigenvalue weighted by molar-refractivity contribution is -0.125. The smallest absolute Gasteiger partial charge is 0.225 e. The summed E-state index contributed by atoms with van der Waals surface area (Å²) in [5.74, 6) is 0.441. The number of hydrogen-bond acceptors (Lipinski definition) is 4. The Balaban J connectivity index is 1.35. The van der Waals surface area contributed by atoms with Gasteiger partial charge < -0.3 is 10.2 Å². The summed E-state index contributed by atoms with van der Waals surface area (Å²) in [6.45, 7) is 7.56. The number of carbonyl (C=O) groups excluding carboxylic acids is 1. The number of nitrogens with zero attached hydrogens (tertiary/aromatic N) is 4. The number of rotatable bonds is 5. The lowest BCUT2D eigenvalue weighted by Crippen LogP contribution is -2.44. The van der Waals surface area contributed by atoms with E-state index in [1.54, 1.807) is 18.3 Å². The van der Waals surface area contributed by atoms with Crippen molar-refractivity contribution in [2.24, 2.45) is 5.92 Å². The van der Waals surface area contributed by atoms with E-state index in [2.05, 4.69) is 53.3 Å². The monoisotopic (exact) mass is 471 g/mol. The lowest BCUT2D eigenvalue weighted by atomic mass is 9.96. The topological polar surface area (TPSA) is 62.5 Å². The summed E-state index contributed by atoms with van der Waals surface area (Å²) in [7, 11) is 0. The molecule has 1 aliphatic rings. The number of halogens is 1. The van der Waals surface area contributed by atoms with Gasteiger partial charge in [-0.05, 0) is 62.9 Å². The lowest BCUT2D eigenvalue weighted by Gasteiger charge is -2.33. The minimum absolute atomic E-state index is 0.0166. The molecule has 35 heavy (non-hydrogen) atoms. The summed E-state index contributed by atoms with van der Waals surface area (Å²) in [6.07, 6.45) is 5.37. The van der Waals surface area contributed by atoms with Gasteiger partial charge in [0.15, 0.2) is 5.82 Å². The van der Waals surface area contributed by atoms with E-state index in [1.807, 2.05) is 17.6 Å². The van der Waals surface area contributed by atoms with Gasteiger partial charge in [0.1, 0.15) is 11.3 Å². The Labute approximate surface area is 204 Å². The average molecular weight is 472 g/mol. The quantitative estimate of drug-likeness (QED) is 0.432. The van der Waals surface area contributed by atoms with Gasteiger partial charge in [0, 0.05) is 31.0 Å². The highest BCUT2D eigenvalue weighted by atomic mass is 19.1. The number of fused-ring (bicyclic) bond motifs is 1. The predicted octanol–water partition coefficient (Wildman–Crippen LogP) is 5.25. The van der Waals surface area contributed by atoms with Gasteiger partial charge in [0.2, 0.25) is 5.91 Å². The number of nitrogens with one attached hydrogen (secondary N) is 1. The first kappa shape index (κ1) is 23.0. The van der Waals surface area contributed by atoms with Crippen LogP contribution in [-0.2, 0) is 4.79 Å². The molecular weight excluding hydrogens is 441 g/mol. The van der Waals surface area contributed by atoms with Crippen LogP contribution in [0.2, 0.25) is 0 Å². The Kier molecular flexibility index (Phi) is 6.24. The van der Waals surface area contributed by atoms with E-state index in [0.717, 1.165) is 47.5 Å². The Bertz CT molecular complexity index is 1360. The van der Waals surface area contributed by atoms with Crippen LogP contribution >= 0.6 is 0 Å². The summed E-state index contributed by atoms with van der Waals surface area (Å²) in [5, 5.41) is 7.91. The third kappa shape index (κ3) is 4.76. The van der Waals surface area contributed by atoms with Crippen LogP contribution < -0.4 is 10.2 Å². The number of aromatic nitrogens is 3. The molecule has 1 amide bonds. The van der Waals surface area contributed by atoms with Crippen LogP contribution in [-0.4, -0.2) is 33.6 Å². The van der Waals surface area contributed by atoms with Crippen molar-refractivity contribution >= 4 is 17.2 Å². The van der Waals surface area contributed by atoms with Crippen LogP contribution in [0.1, 0.15) is 42.5 Å². The molecule has 4 aromatic rings. The van der Waals surface area contributed by atoms with E-state index in [4.69, 9.17) is 5.10 Å². The summed E-state index contributed by atoms with van der Waals surface area (Å²) in [6, 6.07) is 14.6. The predicted molar refractivity (Wildman–Crippen MR) is 136 cm³/mol. The van der Waals surface area contributed by atoms with E-state index >= 15 is 0 Å². The van der Waals surface area contributed by atoms with Crippen molar-refractivity contribution in [3.05, 3.63) is 83.4 Å². The second kappa shape index (κ2) is 9.49. The number of carbonyl (C=O) groups is 1. The molecule has 5 rings (SSSR count). The molecule has 2 atom stereocenters. The Morgan fingerprint density at radius 2 is 1.94 bits per heavy atom. The third-order valence-electron chi connectivity index (χ3n) is 6.85. The van der Waals surface area contributed by atoms with Crippen LogP contribution in [0.25, 0.3) is 16.8 Å². The number of hydrogen-bond donors (Lipinski definition) is 1. The molecule has 1 N–H and O–H groups in total. The molecule has 6 nitrogen and oxygen atoms in total. The molecule has 0 saturated carbocycles. The molecule has 0 bridgehead atoms. The van der Waals surface area contributed by atoms with Gasteiger partial charge in [-0.1, -0.05) is 35.9 Å². The first-order valence-electron chi connectivity index (χ1n) is 12.1. The van der Waals surface area contributed by atoms with Gasteiger partial charge in [0.25, 0.3) is 0 Å². The second-order valence-corrected chi connectivity index (χ2v) is 9.50. The SMILES string of the molecule is Cc1ccc(-c2cc3c(N4CCC[C@@H](C(=O)N[C@H](C)c5ccc(F)cc5)C4)nccn3n2)c(C)c1. The van der Waals surface area contributed by atoms with E-state index < -0.39 is 0 Å². The molecule has 0 spiro atoms. The highest BCUT2D eigenvalue weighted by molar-refractivity contribution is 5.81. The van der Waals surface area contributed by atoms with Crippen LogP contribution in [0.5, 0.6) is 0 Å². The molecule has 0 unspecified atom stereocenters. The van der Waals surface area contributed by atoms with Gasteiger partial charge in [-0.3, -0.25) is 4.79 Å². The summed E-state index contributed by atoms with van der Waals surface area (Å²) < 4.78 is 15.1. The minimum atomic E-state index is -0.280. The zero-order valence-electron chi connectivity index (χ0n) is 20.3. The van der Waals surface area contributed by atoms with Crippen molar-refractivity contribution in [1.29, 1.82) is 0 Å². The highest BCUT2D eigenvalue weighted by Crippen LogP contribution is 2.30. The molecule has 7 heteroatoms. The molecule has 0 aliphatic carbocycles. The van der Waals surface area contributed by atoms with Crippen molar-refractivity contribution in [3.8, 4) is 11.3 Å². The van der Waals surface area contributed by atoms with Crippen molar-refractivity contribution < 1.29 is 9.18 Å². The second-order valence-electron chi connectivity index (χ2n) is 9.50. The zero-order valence-corrected chi connectivity index (χ0v) is 20.3. The van der Waals surface area contributed by atoms with Crippen LogP contribution in [0.15, 0.2) is 60.9 Å². The van der Waals surface area contributed by atoms with Crippen molar-refractivity contribution in [3.63, 3.8) is 0 Å². The fourth-order valence-electron chi connectivity index (χ4n) is 4.93. The van der Waals surface area contributed by atoms with Gasteiger partial charge in [0.05, 0.1) is 17.7 Å². The number of piperidine rings is 1. The normalized spacial score (nSPS) is 16.9. The van der Waals surface area contributed by atoms with Gasteiger partial charge in [-0.25, -0.2) is 13.9 Å². The zero-order chi connectivity index (χ0) is 24.5. The number of amides is 1. The third-order valence-corrected chi connectivity index (χ3v) is 6.85. The number of aryl methyl sites for hydroxylation is 2. The van der Waals surface area contributed by atoms with Crippen molar-refractivity contribution in [2.75, 3.05) is 18.0 Å². The molecule has 1 aliphatic heterocycles. The molecule has 3 heterocycles. The maximum absolute atomic E-state index is 13.2. The van der Waals surface area contributed by atoms with Crippen LogP contribution in [0, 0.1) is 25.6 Å². The average Bonchev–Trinajstić information content (AvgIpc) is 3.28.